The molecule has 5 nitrogen and oxygen atoms in total. The van der Waals surface area contributed by atoms with Crippen LogP contribution in [-0.2, 0) is 14.3 Å². The predicted molar refractivity (Wildman–Crippen MR) is 91.9 cm³/mol. The van der Waals surface area contributed by atoms with Gasteiger partial charge in [-0.1, -0.05) is 0 Å². The second kappa shape index (κ2) is 6.83. The molecule has 0 atom stereocenters. The summed E-state index contributed by atoms with van der Waals surface area (Å²) < 4.78 is 5.22. The number of hydrogen-bond donors (Lipinski definition) is 0. The van der Waals surface area contributed by atoms with E-state index < -0.39 is 11.6 Å². The standard InChI is InChI=1S/C17H24N2O3S/c1-11(14-8-15(13-6-7-13)23-12(14)2)18-19(10-20)9-16(21)22-17(3,4)5/h8,10,13H,6-7,9H2,1-5H3/b18-11-. The predicted octanol–water partition coefficient (Wildman–Crippen LogP) is 3.46. The van der Waals surface area contributed by atoms with Gasteiger partial charge in [-0.3, -0.25) is 9.59 Å². The van der Waals surface area contributed by atoms with Gasteiger partial charge in [-0.05, 0) is 59.4 Å². The molecular formula is C17H24N2O3S. The molecule has 6 heteroatoms. The van der Waals surface area contributed by atoms with Gasteiger partial charge in [-0.2, -0.15) is 5.10 Å². The molecule has 0 unspecified atom stereocenters. The van der Waals surface area contributed by atoms with Crippen LogP contribution in [-0.4, -0.2) is 35.2 Å². The third-order valence-corrected chi connectivity index (χ3v) is 4.63. The molecule has 0 spiro atoms. The number of thiophene rings is 1. The van der Waals surface area contributed by atoms with Crippen LogP contribution in [0.1, 0.15) is 61.8 Å². The van der Waals surface area contributed by atoms with E-state index in [4.69, 9.17) is 4.74 Å². The van der Waals surface area contributed by atoms with Gasteiger partial charge in [-0.15, -0.1) is 11.3 Å². The minimum Gasteiger partial charge on any atom is -0.459 e. The third-order valence-electron chi connectivity index (χ3n) is 3.42. The normalized spacial score (nSPS) is 15.4. The lowest BCUT2D eigenvalue weighted by Crippen LogP contribution is -2.32. The van der Waals surface area contributed by atoms with Crippen LogP contribution in [0, 0.1) is 6.92 Å². The average Bonchev–Trinajstić information content (AvgIpc) is 3.19. The summed E-state index contributed by atoms with van der Waals surface area (Å²) in [7, 11) is 0. The van der Waals surface area contributed by atoms with Gasteiger partial charge in [0.25, 0.3) is 0 Å². The minimum absolute atomic E-state index is 0.184. The number of hydrazone groups is 1. The number of rotatable bonds is 6. The lowest BCUT2D eigenvalue weighted by molar-refractivity contribution is -0.157. The number of carbonyl (C=O) groups excluding carboxylic acids is 2. The molecule has 2 rings (SSSR count). The first-order valence-electron chi connectivity index (χ1n) is 7.79. The SMILES string of the molecule is C/C(=N/N(C=O)CC(=O)OC(C)(C)C)c1cc(C2CC2)sc1C. The second-order valence-electron chi connectivity index (χ2n) is 6.87. The van der Waals surface area contributed by atoms with E-state index in [1.165, 1.54) is 22.6 Å². The largest absolute Gasteiger partial charge is 0.459 e. The zero-order valence-corrected chi connectivity index (χ0v) is 15.2. The quantitative estimate of drug-likeness (QED) is 0.346. The van der Waals surface area contributed by atoms with Crippen molar-refractivity contribution in [3.05, 3.63) is 21.4 Å². The molecule has 1 aliphatic carbocycles. The highest BCUT2D eigenvalue weighted by Crippen LogP contribution is 2.44. The highest BCUT2D eigenvalue weighted by Gasteiger charge is 2.26. The van der Waals surface area contributed by atoms with E-state index in [9.17, 15) is 9.59 Å². The van der Waals surface area contributed by atoms with Crippen molar-refractivity contribution in [1.29, 1.82) is 0 Å². The Hall–Kier alpha value is -1.69. The van der Waals surface area contributed by atoms with Crippen LogP contribution in [0.2, 0.25) is 0 Å². The molecule has 1 fully saturated rings. The summed E-state index contributed by atoms with van der Waals surface area (Å²) in [5.74, 6) is 0.228. The number of carbonyl (C=O) groups is 2. The molecular weight excluding hydrogens is 312 g/mol. The zero-order chi connectivity index (χ0) is 17.2. The fraction of sp³-hybridized carbons (Fsp3) is 0.588. The van der Waals surface area contributed by atoms with Crippen LogP contribution in [0.3, 0.4) is 0 Å². The van der Waals surface area contributed by atoms with Gasteiger partial charge in [0, 0.05) is 15.3 Å². The number of esters is 1. The van der Waals surface area contributed by atoms with Gasteiger partial charge < -0.3 is 4.74 Å². The summed E-state index contributed by atoms with van der Waals surface area (Å²) in [6.45, 7) is 9.11. The van der Waals surface area contributed by atoms with Crippen molar-refractivity contribution in [3.63, 3.8) is 0 Å². The van der Waals surface area contributed by atoms with Crippen molar-refractivity contribution in [2.45, 2.75) is 59.0 Å². The Morgan fingerprint density at radius 2 is 2.13 bits per heavy atom. The lowest BCUT2D eigenvalue weighted by atomic mass is 10.1. The number of ether oxygens (including phenoxy) is 1. The van der Waals surface area contributed by atoms with Crippen molar-refractivity contribution in [1.82, 2.24) is 5.01 Å². The van der Waals surface area contributed by atoms with Gasteiger partial charge in [0.1, 0.15) is 12.1 Å². The fourth-order valence-corrected chi connectivity index (χ4v) is 3.53. The van der Waals surface area contributed by atoms with Gasteiger partial charge >= 0.3 is 5.97 Å². The molecule has 0 aromatic carbocycles. The molecule has 0 aliphatic heterocycles. The van der Waals surface area contributed by atoms with Crippen LogP contribution >= 0.6 is 11.3 Å². The highest BCUT2D eigenvalue weighted by molar-refractivity contribution is 7.12. The van der Waals surface area contributed by atoms with Crippen molar-refractivity contribution in [3.8, 4) is 0 Å². The molecule has 1 saturated carbocycles. The van der Waals surface area contributed by atoms with Crippen molar-refractivity contribution in [2.24, 2.45) is 5.10 Å². The van der Waals surface area contributed by atoms with E-state index in [0.717, 1.165) is 16.3 Å². The van der Waals surface area contributed by atoms with E-state index in [1.54, 1.807) is 32.1 Å². The molecule has 0 N–H and O–H groups in total. The number of nitrogens with zero attached hydrogens (tertiary/aromatic N) is 2. The number of amides is 1. The van der Waals surface area contributed by atoms with Crippen molar-refractivity contribution < 1.29 is 14.3 Å². The molecule has 1 aromatic heterocycles. The van der Waals surface area contributed by atoms with Crippen molar-refractivity contribution in [2.75, 3.05) is 6.54 Å². The minimum atomic E-state index is -0.576. The van der Waals surface area contributed by atoms with E-state index in [-0.39, 0.29) is 6.54 Å². The topological polar surface area (TPSA) is 59.0 Å². The maximum Gasteiger partial charge on any atom is 0.328 e. The first kappa shape index (κ1) is 17.7. The summed E-state index contributed by atoms with van der Waals surface area (Å²) in [5, 5.41) is 5.37. The Kier molecular flexibility index (Phi) is 5.24. The Bertz CT molecular complexity index is 624. The molecule has 1 aliphatic rings. The molecule has 0 saturated heterocycles. The monoisotopic (exact) mass is 336 g/mol. The molecule has 1 amide bonds. The number of aryl methyl sites for hydroxylation is 1. The van der Waals surface area contributed by atoms with Gasteiger partial charge in [-0.25, -0.2) is 5.01 Å². The molecule has 1 heterocycles. The van der Waals surface area contributed by atoms with Gasteiger partial charge in [0.15, 0.2) is 0 Å². The summed E-state index contributed by atoms with van der Waals surface area (Å²) in [6.07, 6.45) is 3.07. The molecule has 126 valence electrons. The smallest absolute Gasteiger partial charge is 0.328 e. The summed E-state index contributed by atoms with van der Waals surface area (Å²) in [6, 6.07) is 2.16. The Morgan fingerprint density at radius 3 is 2.65 bits per heavy atom. The van der Waals surface area contributed by atoms with Crippen LogP contribution in [0.5, 0.6) is 0 Å². The Morgan fingerprint density at radius 1 is 1.48 bits per heavy atom. The molecule has 1 aromatic rings. The summed E-state index contributed by atoms with van der Waals surface area (Å²) in [4.78, 5) is 25.6. The van der Waals surface area contributed by atoms with E-state index >= 15 is 0 Å². The molecule has 23 heavy (non-hydrogen) atoms. The fourth-order valence-electron chi connectivity index (χ4n) is 2.28. The van der Waals surface area contributed by atoms with E-state index in [0.29, 0.717) is 12.3 Å². The van der Waals surface area contributed by atoms with E-state index in [2.05, 4.69) is 18.1 Å². The third kappa shape index (κ3) is 5.16. The highest BCUT2D eigenvalue weighted by atomic mass is 32.1. The molecule has 0 radical (unpaired) electrons. The Labute approximate surface area is 141 Å². The van der Waals surface area contributed by atoms with Crippen LogP contribution in [0.15, 0.2) is 11.2 Å². The van der Waals surface area contributed by atoms with Crippen molar-refractivity contribution >= 4 is 29.4 Å². The number of hydrogen-bond acceptors (Lipinski definition) is 5. The lowest BCUT2D eigenvalue weighted by Gasteiger charge is -2.21. The van der Waals surface area contributed by atoms with Crippen LogP contribution < -0.4 is 0 Å². The second-order valence-corrected chi connectivity index (χ2v) is 8.16. The van der Waals surface area contributed by atoms with Gasteiger partial charge in [0.05, 0.1) is 5.71 Å². The average molecular weight is 336 g/mol. The van der Waals surface area contributed by atoms with Crippen LogP contribution in [0.25, 0.3) is 0 Å². The Balaban J connectivity index is 2.07. The first-order valence-corrected chi connectivity index (χ1v) is 8.61. The maximum absolute atomic E-state index is 11.8. The maximum atomic E-state index is 11.8. The van der Waals surface area contributed by atoms with Gasteiger partial charge in [0.2, 0.25) is 6.41 Å². The zero-order valence-electron chi connectivity index (χ0n) is 14.4. The first-order chi connectivity index (χ1) is 10.7. The van der Waals surface area contributed by atoms with Crippen LogP contribution in [0.4, 0.5) is 0 Å². The van der Waals surface area contributed by atoms with E-state index in [1.807, 2.05) is 6.92 Å². The summed E-state index contributed by atoms with van der Waals surface area (Å²) in [5.41, 5.74) is 1.21. The molecule has 0 bridgehead atoms. The summed E-state index contributed by atoms with van der Waals surface area (Å²) >= 11 is 1.79.